The molecular formula is C14H19BrN2O3. The molecule has 1 aromatic rings. The molecule has 1 unspecified atom stereocenters. The zero-order valence-electron chi connectivity index (χ0n) is 11.4. The van der Waals surface area contributed by atoms with E-state index >= 15 is 0 Å². The average molecular weight is 343 g/mol. The van der Waals surface area contributed by atoms with Crippen LogP contribution in [0.2, 0.25) is 0 Å². The molecule has 0 radical (unpaired) electrons. The lowest BCUT2D eigenvalue weighted by Crippen LogP contribution is -2.31. The first-order chi connectivity index (χ1) is 9.56. The molecular weight excluding hydrogens is 324 g/mol. The first-order valence-electron chi connectivity index (χ1n) is 6.47. The number of ether oxygens (including phenoxy) is 1. The minimum absolute atomic E-state index is 0.103. The van der Waals surface area contributed by atoms with Crippen molar-refractivity contribution < 1.29 is 14.3 Å². The summed E-state index contributed by atoms with van der Waals surface area (Å²) in [6.07, 6.45) is 0.335. The Balaban J connectivity index is 2.80. The van der Waals surface area contributed by atoms with Crippen LogP contribution in [0.15, 0.2) is 28.7 Å². The van der Waals surface area contributed by atoms with Gasteiger partial charge in [-0.15, -0.1) is 0 Å². The van der Waals surface area contributed by atoms with Gasteiger partial charge in [0.1, 0.15) is 0 Å². The fourth-order valence-electron chi connectivity index (χ4n) is 1.73. The molecule has 6 heteroatoms. The standard InChI is InChI=1S/C14H19BrN2O3/c1-2-20-14(19)9-12(17-13(18)7-8-16)10-3-5-11(15)6-4-10/h3-6,12H,2,7-9,16H2,1H3,(H,17,18). The molecule has 0 aromatic heterocycles. The van der Waals surface area contributed by atoms with E-state index in [9.17, 15) is 9.59 Å². The molecule has 1 aromatic carbocycles. The summed E-state index contributed by atoms with van der Waals surface area (Å²) in [4.78, 5) is 23.3. The molecule has 1 rings (SSSR count). The number of nitrogens with two attached hydrogens (primary N) is 1. The molecule has 3 N–H and O–H groups in total. The van der Waals surface area contributed by atoms with Crippen LogP contribution in [0.4, 0.5) is 0 Å². The van der Waals surface area contributed by atoms with Crippen LogP contribution < -0.4 is 11.1 Å². The van der Waals surface area contributed by atoms with Gasteiger partial charge in [-0.1, -0.05) is 28.1 Å². The van der Waals surface area contributed by atoms with Crippen LogP contribution in [-0.4, -0.2) is 25.0 Å². The number of nitrogens with one attached hydrogen (secondary N) is 1. The molecule has 5 nitrogen and oxygen atoms in total. The van der Waals surface area contributed by atoms with Gasteiger partial charge in [-0.25, -0.2) is 0 Å². The van der Waals surface area contributed by atoms with Crippen LogP contribution in [-0.2, 0) is 14.3 Å². The number of benzene rings is 1. The number of carbonyl (C=O) groups is 2. The van der Waals surface area contributed by atoms with Crippen molar-refractivity contribution in [2.24, 2.45) is 5.73 Å². The van der Waals surface area contributed by atoms with Crippen LogP contribution in [0.25, 0.3) is 0 Å². The Labute approximate surface area is 127 Å². The molecule has 0 saturated carbocycles. The number of hydrogen-bond donors (Lipinski definition) is 2. The largest absolute Gasteiger partial charge is 0.466 e. The summed E-state index contributed by atoms with van der Waals surface area (Å²) in [5.74, 6) is -0.516. The van der Waals surface area contributed by atoms with Crippen LogP contribution in [0, 0.1) is 0 Å². The maximum atomic E-state index is 11.7. The zero-order chi connectivity index (χ0) is 15.0. The van der Waals surface area contributed by atoms with Gasteiger partial charge in [-0.2, -0.15) is 0 Å². The minimum Gasteiger partial charge on any atom is -0.466 e. The summed E-state index contributed by atoms with van der Waals surface area (Å²) < 4.78 is 5.87. The third kappa shape index (κ3) is 5.71. The molecule has 20 heavy (non-hydrogen) atoms. The molecule has 0 fully saturated rings. The summed E-state index contributed by atoms with van der Waals surface area (Å²) in [5.41, 5.74) is 6.21. The summed E-state index contributed by atoms with van der Waals surface area (Å²) in [7, 11) is 0. The van der Waals surface area contributed by atoms with Crippen molar-refractivity contribution in [2.75, 3.05) is 13.2 Å². The third-order valence-corrected chi connectivity index (χ3v) is 3.18. The lowest BCUT2D eigenvalue weighted by Gasteiger charge is -2.18. The fraction of sp³-hybridized carbons (Fsp3) is 0.429. The Morgan fingerprint density at radius 2 is 2.00 bits per heavy atom. The SMILES string of the molecule is CCOC(=O)CC(NC(=O)CCN)c1ccc(Br)cc1. The van der Waals surface area contributed by atoms with Gasteiger partial charge < -0.3 is 15.8 Å². The van der Waals surface area contributed by atoms with Crippen molar-refractivity contribution in [1.29, 1.82) is 0 Å². The maximum Gasteiger partial charge on any atom is 0.308 e. The normalized spacial score (nSPS) is 11.8. The molecule has 0 spiro atoms. The van der Waals surface area contributed by atoms with E-state index in [0.717, 1.165) is 10.0 Å². The molecule has 0 heterocycles. The fourth-order valence-corrected chi connectivity index (χ4v) is 2.00. The highest BCUT2D eigenvalue weighted by Gasteiger charge is 2.18. The van der Waals surface area contributed by atoms with Crippen molar-refractivity contribution in [1.82, 2.24) is 5.32 Å². The van der Waals surface area contributed by atoms with Crippen LogP contribution in [0.3, 0.4) is 0 Å². The second-order valence-corrected chi connectivity index (χ2v) is 5.14. The minimum atomic E-state index is -0.402. The topological polar surface area (TPSA) is 81.4 Å². The second kappa shape index (κ2) is 8.71. The molecule has 0 bridgehead atoms. The number of amides is 1. The molecule has 110 valence electrons. The zero-order valence-corrected chi connectivity index (χ0v) is 13.0. The summed E-state index contributed by atoms with van der Waals surface area (Å²) in [5, 5.41) is 2.81. The monoisotopic (exact) mass is 342 g/mol. The van der Waals surface area contributed by atoms with E-state index < -0.39 is 6.04 Å². The summed E-state index contributed by atoms with van der Waals surface area (Å²) >= 11 is 3.35. The highest BCUT2D eigenvalue weighted by atomic mass is 79.9. The van der Waals surface area contributed by atoms with E-state index in [4.69, 9.17) is 10.5 Å². The lowest BCUT2D eigenvalue weighted by molar-refractivity contribution is -0.143. The van der Waals surface area contributed by atoms with Crippen molar-refractivity contribution >= 4 is 27.8 Å². The molecule has 0 saturated heterocycles. The van der Waals surface area contributed by atoms with Gasteiger partial charge >= 0.3 is 5.97 Å². The number of hydrogen-bond acceptors (Lipinski definition) is 4. The predicted molar refractivity (Wildman–Crippen MR) is 79.9 cm³/mol. The van der Waals surface area contributed by atoms with Gasteiger partial charge in [-0.05, 0) is 24.6 Å². The van der Waals surface area contributed by atoms with Crippen molar-refractivity contribution in [2.45, 2.75) is 25.8 Å². The maximum absolute atomic E-state index is 11.7. The van der Waals surface area contributed by atoms with Gasteiger partial charge in [-0.3, -0.25) is 9.59 Å². The summed E-state index contributed by atoms with van der Waals surface area (Å²) in [6, 6.07) is 7.04. The quantitative estimate of drug-likeness (QED) is 0.741. The van der Waals surface area contributed by atoms with Crippen molar-refractivity contribution in [3.63, 3.8) is 0 Å². The average Bonchev–Trinajstić information content (AvgIpc) is 2.39. The van der Waals surface area contributed by atoms with Crippen LogP contribution in [0.5, 0.6) is 0 Å². The van der Waals surface area contributed by atoms with Gasteiger partial charge in [0.25, 0.3) is 0 Å². The van der Waals surface area contributed by atoms with Gasteiger partial charge in [0.2, 0.25) is 5.91 Å². The van der Waals surface area contributed by atoms with Crippen LogP contribution >= 0.6 is 15.9 Å². The smallest absolute Gasteiger partial charge is 0.308 e. The molecule has 0 aliphatic heterocycles. The molecule has 1 amide bonds. The van der Waals surface area contributed by atoms with Crippen molar-refractivity contribution in [3.05, 3.63) is 34.3 Å². The first kappa shape index (κ1) is 16.7. The predicted octanol–water partition coefficient (Wildman–Crippen LogP) is 1.91. The van der Waals surface area contributed by atoms with Crippen molar-refractivity contribution in [3.8, 4) is 0 Å². The summed E-state index contributed by atoms with van der Waals surface area (Å²) in [6.45, 7) is 2.35. The number of carbonyl (C=O) groups excluding carboxylic acids is 2. The van der Waals surface area contributed by atoms with Gasteiger partial charge in [0.05, 0.1) is 19.1 Å². The molecule has 0 aliphatic rings. The van der Waals surface area contributed by atoms with Gasteiger partial charge in [0, 0.05) is 17.4 Å². The first-order valence-corrected chi connectivity index (χ1v) is 7.26. The highest BCUT2D eigenvalue weighted by molar-refractivity contribution is 9.10. The Hall–Kier alpha value is -1.40. The third-order valence-electron chi connectivity index (χ3n) is 2.66. The number of halogens is 1. The molecule has 1 atom stereocenters. The van der Waals surface area contributed by atoms with E-state index in [0.29, 0.717) is 6.61 Å². The highest BCUT2D eigenvalue weighted by Crippen LogP contribution is 2.20. The Kier molecular flexibility index (Phi) is 7.25. The number of rotatable bonds is 7. The van der Waals surface area contributed by atoms with Gasteiger partial charge in [0.15, 0.2) is 0 Å². The van der Waals surface area contributed by atoms with E-state index in [1.54, 1.807) is 6.92 Å². The number of esters is 1. The second-order valence-electron chi connectivity index (χ2n) is 4.22. The Morgan fingerprint density at radius 1 is 1.35 bits per heavy atom. The van der Waals surface area contributed by atoms with Crippen LogP contribution in [0.1, 0.15) is 31.4 Å². The Morgan fingerprint density at radius 3 is 2.55 bits per heavy atom. The van der Waals surface area contributed by atoms with E-state index in [2.05, 4.69) is 21.2 Å². The van der Waals surface area contributed by atoms with E-state index in [1.165, 1.54) is 0 Å². The van der Waals surface area contributed by atoms with E-state index in [-0.39, 0.29) is 31.3 Å². The van der Waals surface area contributed by atoms with E-state index in [1.807, 2.05) is 24.3 Å². The Bertz CT molecular complexity index is 428. The lowest BCUT2D eigenvalue weighted by atomic mass is 10.0. The molecule has 0 aliphatic carbocycles.